The fraction of sp³-hybridized carbons (Fsp3) is 0.200. The van der Waals surface area contributed by atoms with Gasteiger partial charge < -0.3 is 19.7 Å². The zero-order valence-electron chi connectivity index (χ0n) is 10.9. The number of para-hydroxylation sites is 1. The minimum Gasteiger partial charge on any atom is -0.504 e. The number of hydrogen-bond donors (Lipinski definition) is 2. The van der Waals surface area contributed by atoms with Gasteiger partial charge in [0.2, 0.25) is 0 Å². The Morgan fingerprint density at radius 2 is 1.68 bits per heavy atom. The predicted octanol–water partition coefficient (Wildman–Crippen LogP) is 2.71. The van der Waals surface area contributed by atoms with Crippen LogP contribution >= 0.6 is 0 Å². The van der Waals surface area contributed by atoms with Gasteiger partial charge in [-0.3, -0.25) is 0 Å². The molecule has 4 heteroatoms. The van der Waals surface area contributed by atoms with Gasteiger partial charge in [-0.1, -0.05) is 18.2 Å². The number of benzene rings is 2. The third-order valence-corrected chi connectivity index (χ3v) is 2.94. The van der Waals surface area contributed by atoms with Crippen LogP contribution in [-0.4, -0.2) is 24.4 Å². The smallest absolute Gasteiger partial charge is 0.161 e. The zero-order chi connectivity index (χ0) is 13.8. The second-order valence-corrected chi connectivity index (χ2v) is 4.15. The van der Waals surface area contributed by atoms with Crippen molar-refractivity contribution >= 4 is 0 Å². The van der Waals surface area contributed by atoms with Crippen molar-refractivity contribution in [2.24, 2.45) is 0 Å². The number of aromatic hydroxyl groups is 2. The van der Waals surface area contributed by atoms with Crippen LogP contribution in [0.25, 0.3) is 0 Å². The molecule has 0 radical (unpaired) electrons. The largest absolute Gasteiger partial charge is 0.504 e. The number of phenolic OH excluding ortho intramolecular Hbond substituents is 2. The lowest BCUT2D eigenvalue weighted by atomic mass is 10.0. The summed E-state index contributed by atoms with van der Waals surface area (Å²) in [6.45, 7) is 0. The number of rotatable bonds is 4. The zero-order valence-corrected chi connectivity index (χ0v) is 10.9. The molecule has 0 atom stereocenters. The fourth-order valence-corrected chi connectivity index (χ4v) is 1.93. The van der Waals surface area contributed by atoms with Gasteiger partial charge >= 0.3 is 0 Å². The molecule has 0 aliphatic heterocycles. The first-order chi connectivity index (χ1) is 9.15. The monoisotopic (exact) mass is 260 g/mol. The highest BCUT2D eigenvalue weighted by Gasteiger charge is 2.09. The van der Waals surface area contributed by atoms with Crippen LogP contribution in [0.3, 0.4) is 0 Å². The first kappa shape index (κ1) is 13.1. The highest BCUT2D eigenvalue weighted by atomic mass is 16.5. The van der Waals surface area contributed by atoms with E-state index in [9.17, 15) is 10.2 Å². The molecule has 19 heavy (non-hydrogen) atoms. The van der Waals surface area contributed by atoms with Crippen molar-refractivity contribution < 1.29 is 19.7 Å². The second-order valence-electron chi connectivity index (χ2n) is 4.15. The molecule has 0 saturated heterocycles. The van der Waals surface area contributed by atoms with Crippen molar-refractivity contribution in [3.8, 4) is 23.0 Å². The van der Waals surface area contributed by atoms with Gasteiger partial charge in [0.25, 0.3) is 0 Å². The summed E-state index contributed by atoms with van der Waals surface area (Å²) in [6.07, 6.45) is 0.527. The quantitative estimate of drug-likeness (QED) is 0.887. The minimum atomic E-state index is 0.0983. The van der Waals surface area contributed by atoms with Gasteiger partial charge in [-0.25, -0.2) is 0 Å². The molecule has 0 spiro atoms. The maximum atomic E-state index is 10.0. The Hall–Kier alpha value is -2.36. The fourth-order valence-electron chi connectivity index (χ4n) is 1.93. The Balaban J connectivity index is 2.31. The number of hydrogen-bond acceptors (Lipinski definition) is 4. The Kier molecular flexibility index (Phi) is 3.80. The molecule has 4 nitrogen and oxygen atoms in total. The summed E-state index contributed by atoms with van der Waals surface area (Å²) >= 11 is 0. The van der Waals surface area contributed by atoms with Crippen LogP contribution in [0.2, 0.25) is 0 Å². The summed E-state index contributed by atoms with van der Waals surface area (Å²) in [4.78, 5) is 0. The standard InChI is InChI=1S/C15H16O4/c1-18-13-5-3-4-11(15(13)17)8-10-6-7-12(16)14(9-10)19-2/h3-7,9,16-17H,8H2,1-2H3. The summed E-state index contributed by atoms with van der Waals surface area (Å²) in [5.41, 5.74) is 1.69. The maximum absolute atomic E-state index is 10.0. The Labute approximate surface area is 111 Å². The van der Waals surface area contributed by atoms with E-state index in [1.807, 2.05) is 12.1 Å². The number of methoxy groups -OCH3 is 2. The lowest BCUT2D eigenvalue weighted by molar-refractivity contribution is 0.370. The molecule has 0 aliphatic rings. The van der Waals surface area contributed by atoms with Gasteiger partial charge in [0.15, 0.2) is 23.0 Å². The predicted molar refractivity (Wildman–Crippen MR) is 72.1 cm³/mol. The SMILES string of the molecule is COc1cc(Cc2cccc(OC)c2O)ccc1O. The molecule has 0 aromatic heterocycles. The molecule has 2 rings (SSSR count). The van der Waals surface area contributed by atoms with Crippen molar-refractivity contribution in [3.63, 3.8) is 0 Å². The molecule has 2 N–H and O–H groups in total. The average Bonchev–Trinajstić information content (AvgIpc) is 2.43. The van der Waals surface area contributed by atoms with Crippen molar-refractivity contribution in [1.82, 2.24) is 0 Å². The van der Waals surface area contributed by atoms with E-state index in [0.717, 1.165) is 11.1 Å². The van der Waals surface area contributed by atoms with Gasteiger partial charge in [0, 0.05) is 12.0 Å². The molecular weight excluding hydrogens is 244 g/mol. The summed E-state index contributed by atoms with van der Waals surface area (Å²) < 4.78 is 10.1. The van der Waals surface area contributed by atoms with E-state index in [1.165, 1.54) is 14.2 Å². The maximum Gasteiger partial charge on any atom is 0.161 e. The van der Waals surface area contributed by atoms with Crippen LogP contribution in [0.4, 0.5) is 0 Å². The summed E-state index contributed by atoms with van der Waals surface area (Å²) in [5.74, 6) is 1.10. The van der Waals surface area contributed by atoms with Crippen LogP contribution in [0.1, 0.15) is 11.1 Å². The molecular formula is C15H16O4. The lowest BCUT2D eigenvalue weighted by Crippen LogP contribution is -1.93. The molecule has 2 aromatic carbocycles. The van der Waals surface area contributed by atoms with Gasteiger partial charge in [0.05, 0.1) is 14.2 Å². The van der Waals surface area contributed by atoms with E-state index < -0.39 is 0 Å². The van der Waals surface area contributed by atoms with Crippen molar-refractivity contribution in [3.05, 3.63) is 47.5 Å². The average molecular weight is 260 g/mol. The topological polar surface area (TPSA) is 58.9 Å². The molecule has 0 unspecified atom stereocenters. The van der Waals surface area contributed by atoms with Crippen molar-refractivity contribution in [2.75, 3.05) is 14.2 Å². The minimum absolute atomic E-state index is 0.0983. The van der Waals surface area contributed by atoms with E-state index in [1.54, 1.807) is 24.3 Å². The third-order valence-electron chi connectivity index (χ3n) is 2.94. The summed E-state index contributed by atoms with van der Waals surface area (Å²) in [6, 6.07) is 10.5. The van der Waals surface area contributed by atoms with E-state index >= 15 is 0 Å². The van der Waals surface area contributed by atoms with Crippen LogP contribution < -0.4 is 9.47 Å². The van der Waals surface area contributed by atoms with E-state index in [4.69, 9.17) is 9.47 Å². The second kappa shape index (κ2) is 5.52. The van der Waals surface area contributed by atoms with Gasteiger partial charge in [0.1, 0.15) is 0 Å². The molecule has 0 amide bonds. The molecule has 0 heterocycles. The van der Waals surface area contributed by atoms with Crippen molar-refractivity contribution in [2.45, 2.75) is 6.42 Å². The van der Waals surface area contributed by atoms with Crippen LogP contribution in [-0.2, 0) is 6.42 Å². The molecule has 0 bridgehead atoms. The first-order valence-electron chi connectivity index (χ1n) is 5.86. The number of phenols is 2. The molecule has 0 fully saturated rings. The Morgan fingerprint density at radius 1 is 0.947 bits per heavy atom. The molecule has 0 aliphatic carbocycles. The first-order valence-corrected chi connectivity index (χ1v) is 5.86. The van der Waals surface area contributed by atoms with Gasteiger partial charge in [-0.05, 0) is 23.8 Å². The summed E-state index contributed by atoms with van der Waals surface area (Å²) in [7, 11) is 3.02. The van der Waals surface area contributed by atoms with Gasteiger partial charge in [-0.2, -0.15) is 0 Å². The van der Waals surface area contributed by atoms with E-state index in [2.05, 4.69) is 0 Å². The highest BCUT2D eigenvalue weighted by Crippen LogP contribution is 2.33. The highest BCUT2D eigenvalue weighted by molar-refractivity contribution is 5.49. The van der Waals surface area contributed by atoms with E-state index in [0.29, 0.717) is 17.9 Å². The molecule has 2 aromatic rings. The van der Waals surface area contributed by atoms with Crippen LogP contribution in [0.15, 0.2) is 36.4 Å². The Morgan fingerprint density at radius 3 is 2.37 bits per heavy atom. The molecule has 0 saturated carbocycles. The normalized spacial score (nSPS) is 10.2. The number of ether oxygens (including phenoxy) is 2. The molecule has 100 valence electrons. The van der Waals surface area contributed by atoms with Gasteiger partial charge in [-0.15, -0.1) is 0 Å². The van der Waals surface area contributed by atoms with E-state index in [-0.39, 0.29) is 11.5 Å². The summed E-state index contributed by atoms with van der Waals surface area (Å²) in [5, 5.41) is 19.6. The third kappa shape index (κ3) is 2.73. The lowest BCUT2D eigenvalue weighted by Gasteiger charge is -2.10. The van der Waals surface area contributed by atoms with Crippen LogP contribution in [0, 0.1) is 0 Å². The Bertz CT molecular complexity index is 578. The van der Waals surface area contributed by atoms with Crippen LogP contribution in [0.5, 0.6) is 23.0 Å². The van der Waals surface area contributed by atoms with Crippen molar-refractivity contribution in [1.29, 1.82) is 0 Å².